The number of rotatable bonds is 4. The molecule has 98 valence electrons. The van der Waals surface area contributed by atoms with Crippen molar-refractivity contribution in [2.75, 3.05) is 13.1 Å². The highest BCUT2D eigenvalue weighted by Gasteiger charge is 2.29. The van der Waals surface area contributed by atoms with Crippen molar-refractivity contribution in [3.05, 3.63) is 0 Å². The SMILES string of the molecule is CC1CCCCN1C(=O)CNC(C)(C)C(=O)O. The lowest BCUT2D eigenvalue weighted by atomic mass is 10.0. The van der Waals surface area contributed by atoms with Crippen LogP contribution in [0.15, 0.2) is 0 Å². The molecule has 5 heteroatoms. The molecule has 2 N–H and O–H groups in total. The molecule has 1 aliphatic rings. The van der Waals surface area contributed by atoms with Gasteiger partial charge in [0.25, 0.3) is 0 Å². The van der Waals surface area contributed by atoms with E-state index in [2.05, 4.69) is 5.32 Å². The van der Waals surface area contributed by atoms with Crippen molar-refractivity contribution in [2.24, 2.45) is 0 Å². The van der Waals surface area contributed by atoms with E-state index in [1.54, 1.807) is 13.8 Å². The van der Waals surface area contributed by atoms with Crippen LogP contribution in [-0.4, -0.2) is 46.6 Å². The highest BCUT2D eigenvalue weighted by Crippen LogP contribution is 2.16. The first kappa shape index (κ1) is 14.0. The molecule has 1 saturated heterocycles. The number of carbonyl (C=O) groups excluding carboxylic acids is 1. The molecule has 1 unspecified atom stereocenters. The Morgan fingerprint density at radius 1 is 1.41 bits per heavy atom. The molecule has 1 fully saturated rings. The molecule has 1 rings (SSSR count). The van der Waals surface area contributed by atoms with Crippen molar-refractivity contribution in [3.8, 4) is 0 Å². The van der Waals surface area contributed by atoms with Crippen LogP contribution in [0.2, 0.25) is 0 Å². The van der Waals surface area contributed by atoms with Gasteiger partial charge in [0.05, 0.1) is 6.54 Å². The first-order valence-corrected chi connectivity index (χ1v) is 6.12. The Morgan fingerprint density at radius 3 is 2.59 bits per heavy atom. The monoisotopic (exact) mass is 242 g/mol. The zero-order valence-electron chi connectivity index (χ0n) is 10.8. The first-order valence-electron chi connectivity index (χ1n) is 6.12. The van der Waals surface area contributed by atoms with E-state index in [-0.39, 0.29) is 18.5 Å². The fourth-order valence-electron chi connectivity index (χ4n) is 1.94. The number of hydrogen-bond donors (Lipinski definition) is 2. The Hall–Kier alpha value is -1.10. The van der Waals surface area contributed by atoms with Crippen LogP contribution < -0.4 is 5.32 Å². The predicted molar refractivity (Wildman–Crippen MR) is 64.7 cm³/mol. The summed E-state index contributed by atoms with van der Waals surface area (Å²) in [6.45, 7) is 6.03. The van der Waals surface area contributed by atoms with Gasteiger partial charge in [-0.2, -0.15) is 0 Å². The minimum Gasteiger partial charge on any atom is -0.480 e. The van der Waals surface area contributed by atoms with Crippen molar-refractivity contribution in [2.45, 2.75) is 51.6 Å². The van der Waals surface area contributed by atoms with E-state index in [0.717, 1.165) is 19.4 Å². The van der Waals surface area contributed by atoms with Crippen LogP contribution in [0.1, 0.15) is 40.0 Å². The smallest absolute Gasteiger partial charge is 0.323 e. The molecule has 1 amide bonds. The molecule has 0 aromatic rings. The number of carbonyl (C=O) groups is 2. The maximum atomic E-state index is 11.9. The van der Waals surface area contributed by atoms with E-state index in [4.69, 9.17) is 5.11 Å². The highest BCUT2D eigenvalue weighted by atomic mass is 16.4. The number of piperidine rings is 1. The molecule has 0 saturated carbocycles. The third-order valence-electron chi connectivity index (χ3n) is 3.34. The molecule has 17 heavy (non-hydrogen) atoms. The molecule has 1 atom stereocenters. The number of aliphatic carboxylic acids is 1. The van der Waals surface area contributed by atoms with E-state index in [1.807, 2.05) is 11.8 Å². The standard InChI is InChI=1S/C12H22N2O3/c1-9-6-4-5-7-14(9)10(15)8-13-12(2,3)11(16)17/h9,13H,4-8H2,1-3H3,(H,16,17). The Labute approximate surface area is 102 Å². The van der Waals surface area contributed by atoms with Crippen LogP contribution >= 0.6 is 0 Å². The average molecular weight is 242 g/mol. The lowest BCUT2D eigenvalue weighted by molar-refractivity contribution is -0.144. The van der Waals surface area contributed by atoms with Gasteiger partial charge in [0.15, 0.2) is 0 Å². The molecular weight excluding hydrogens is 220 g/mol. The number of nitrogens with zero attached hydrogens (tertiary/aromatic N) is 1. The summed E-state index contributed by atoms with van der Waals surface area (Å²) in [7, 11) is 0. The van der Waals surface area contributed by atoms with Gasteiger partial charge in [0, 0.05) is 12.6 Å². The maximum absolute atomic E-state index is 11.9. The molecule has 1 heterocycles. The lowest BCUT2D eigenvalue weighted by Gasteiger charge is -2.34. The van der Waals surface area contributed by atoms with Crippen LogP contribution in [0.25, 0.3) is 0 Å². The van der Waals surface area contributed by atoms with Crippen LogP contribution in [0.3, 0.4) is 0 Å². The molecule has 0 spiro atoms. The lowest BCUT2D eigenvalue weighted by Crippen LogP contribution is -2.53. The van der Waals surface area contributed by atoms with Crippen LogP contribution in [0.4, 0.5) is 0 Å². The van der Waals surface area contributed by atoms with E-state index in [9.17, 15) is 9.59 Å². The highest BCUT2D eigenvalue weighted by molar-refractivity contribution is 5.81. The summed E-state index contributed by atoms with van der Waals surface area (Å²) in [4.78, 5) is 24.7. The maximum Gasteiger partial charge on any atom is 0.323 e. The second kappa shape index (κ2) is 5.49. The molecule has 0 radical (unpaired) electrons. The summed E-state index contributed by atoms with van der Waals surface area (Å²) < 4.78 is 0. The van der Waals surface area contributed by atoms with Gasteiger partial charge < -0.3 is 10.0 Å². The van der Waals surface area contributed by atoms with Crippen molar-refractivity contribution < 1.29 is 14.7 Å². The first-order chi connectivity index (χ1) is 7.84. The van der Waals surface area contributed by atoms with Crippen molar-refractivity contribution in [1.29, 1.82) is 0 Å². The van der Waals surface area contributed by atoms with Gasteiger partial charge >= 0.3 is 5.97 Å². The molecule has 0 aromatic carbocycles. The summed E-state index contributed by atoms with van der Waals surface area (Å²) in [5.41, 5.74) is -1.06. The van der Waals surface area contributed by atoms with Crippen LogP contribution in [0, 0.1) is 0 Å². The molecule has 0 aromatic heterocycles. The van der Waals surface area contributed by atoms with Gasteiger partial charge in [-0.25, -0.2) is 0 Å². The number of nitrogens with one attached hydrogen (secondary N) is 1. The van der Waals surface area contributed by atoms with Crippen molar-refractivity contribution in [3.63, 3.8) is 0 Å². The van der Waals surface area contributed by atoms with E-state index < -0.39 is 11.5 Å². The number of amides is 1. The van der Waals surface area contributed by atoms with E-state index >= 15 is 0 Å². The fourth-order valence-corrected chi connectivity index (χ4v) is 1.94. The quantitative estimate of drug-likeness (QED) is 0.766. The Kier molecular flexibility index (Phi) is 4.51. The molecule has 5 nitrogen and oxygen atoms in total. The minimum atomic E-state index is -1.06. The van der Waals surface area contributed by atoms with Gasteiger partial charge in [-0.15, -0.1) is 0 Å². The molecular formula is C12H22N2O3. The zero-order chi connectivity index (χ0) is 13.1. The van der Waals surface area contributed by atoms with Crippen LogP contribution in [0.5, 0.6) is 0 Å². The Bertz CT molecular complexity index is 302. The average Bonchev–Trinajstić information content (AvgIpc) is 2.26. The Morgan fingerprint density at radius 2 is 2.06 bits per heavy atom. The predicted octanol–water partition coefficient (Wildman–Crippen LogP) is 0.840. The van der Waals surface area contributed by atoms with E-state index in [1.165, 1.54) is 6.42 Å². The fraction of sp³-hybridized carbons (Fsp3) is 0.833. The third-order valence-corrected chi connectivity index (χ3v) is 3.34. The molecule has 0 bridgehead atoms. The Balaban J connectivity index is 2.46. The largest absolute Gasteiger partial charge is 0.480 e. The van der Waals surface area contributed by atoms with Crippen LogP contribution in [-0.2, 0) is 9.59 Å². The third kappa shape index (κ3) is 3.70. The van der Waals surface area contributed by atoms with Crippen molar-refractivity contribution in [1.82, 2.24) is 10.2 Å². The number of hydrogen-bond acceptors (Lipinski definition) is 3. The molecule has 0 aliphatic carbocycles. The van der Waals surface area contributed by atoms with Gasteiger partial charge in [-0.3, -0.25) is 14.9 Å². The normalized spacial score (nSPS) is 21.4. The summed E-state index contributed by atoms with van der Waals surface area (Å²) in [6, 6.07) is 0.269. The topological polar surface area (TPSA) is 69.6 Å². The van der Waals surface area contributed by atoms with Crippen molar-refractivity contribution >= 4 is 11.9 Å². The van der Waals surface area contributed by atoms with Gasteiger partial charge in [-0.1, -0.05) is 0 Å². The summed E-state index contributed by atoms with van der Waals surface area (Å²) in [5, 5.41) is 11.7. The summed E-state index contributed by atoms with van der Waals surface area (Å²) >= 11 is 0. The number of carboxylic acid groups (broad SMARTS) is 1. The summed E-state index contributed by atoms with van der Waals surface area (Å²) in [5.74, 6) is -0.955. The molecule has 1 aliphatic heterocycles. The van der Waals surface area contributed by atoms with Gasteiger partial charge in [0.2, 0.25) is 5.91 Å². The second-order valence-electron chi connectivity index (χ2n) is 5.22. The second-order valence-corrected chi connectivity index (χ2v) is 5.22. The minimum absolute atomic E-state index is 0.00785. The zero-order valence-corrected chi connectivity index (χ0v) is 10.8. The van der Waals surface area contributed by atoms with Gasteiger partial charge in [-0.05, 0) is 40.0 Å². The number of likely N-dealkylation sites (tertiary alicyclic amines) is 1. The van der Waals surface area contributed by atoms with E-state index in [0.29, 0.717) is 0 Å². The van der Waals surface area contributed by atoms with Gasteiger partial charge in [0.1, 0.15) is 5.54 Å². The number of carboxylic acids is 1. The summed E-state index contributed by atoms with van der Waals surface area (Å²) in [6.07, 6.45) is 3.24.